The van der Waals surface area contributed by atoms with Crippen LogP contribution in [0.4, 0.5) is 0 Å². The van der Waals surface area contributed by atoms with Gasteiger partial charge in [-0.05, 0) is 36.5 Å². The monoisotopic (exact) mass is 180 g/mol. The highest BCUT2D eigenvalue weighted by molar-refractivity contribution is 5.27. The lowest BCUT2D eigenvalue weighted by molar-refractivity contribution is 0.254. The summed E-state index contributed by atoms with van der Waals surface area (Å²) < 4.78 is 0. The smallest absolute Gasteiger partial charge is 0.00570 e. The molecule has 0 radical (unpaired) electrons. The van der Waals surface area contributed by atoms with Crippen molar-refractivity contribution in [1.29, 1.82) is 0 Å². The van der Waals surface area contributed by atoms with Crippen LogP contribution in [0.5, 0.6) is 0 Å². The van der Waals surface area contributed by atoms with Crippen LogP contribution in [0.25, 0.3) is 0 Å². The third-order valence-corrected chi connectivity index (χ3v) is 4.77. The average molecular weight is 180 g/mol. The van der Waals surface area contributed by atoms with Crippen LogP contribution in [-0.2, 0) is 0 Å². The van der Waals surface area contributed by atoms with Gasteiger partial charge in [0.15, 0.2) is 0 Å². The SMILES string of the molecule is C=C(C)C1(C)CC1(CC)C(C)CC. The van der Waals surface area contributed by atoms with Crippen molar-refractivity contribution >= 4 is 0 Å². The predicted octanol–water partition coefficient (Wildman–Crippen LogP) is 4.42. The number of hydrogen-bond donors (Lipinski definition) is 0. The van der Waals surface area contributed by atoms with Crippen LogP contribution in [-0.4, -0.2) is 0 Å². The highest BCUT2D eigenvalue weighted by Crippen LogP contribution is 2.72. The molecule has 3 unspecified atom stereocenters. The zero-order valence-corrected chi connectivity index (χ0v) is 9.91. The Labute approximate surface area is 83.4 Å². The lowest BCUT2D eigenvalue weighted by atomic mass is 9.77. The minimum absolute atomic E-state index is 0.442. The molecule has 0 heterocycles. The van der Waals surface area contributed by atoms with Gasteiger partial charge >= 0.3 is 0 Å². The van der Waals surface area contributed by atoms with Gasteiger partial charge in [0, 0.05) is 0 Å². The minimum Gasteiger partial charge on any atom is -0.0996 e. The molecule has 1 fully saturated rings. The maximum atomic E-state index is 4.15. The molecule has 0 spiro atoms. The minimum atomic E-state index is 0.442. The standard InChI is InChI=1S/C13H24/c1-7-11(5)13(8-2)9-12(13,6)10(3)4/h11H,3,7-9H2,1-2,4-6H3. The number of hydrogen-bond acceptors (Lipinski definition) is 0. The fraction of sp³-hybridized carbons (Fsp3) is 0.846. The zero-order chi connectivity index (χ0) is 10.3. The molecular formula is C13H24. The van der Waals surface area contributed by atoms with E-state index in [0.29, 0.717) is 10.8 Å². The van der Waals surface area contributed by atoms with Crippen LogP contribution in [0.3, 0.4) is 0 Å². The molecule has 0 amide bonds. The Morgan fingerprint density at radius 1 is 1.46 bits per heavy atom. The van der Waals surface area contributed by atoms with E-state index < -0.39 is 0 Å². The summed E-state index contributed by atoms with van der Waals surface area (Å²) in [6.07, 6.45) is 3.98. The predicted molar refractivity (Wildman–Crippen MR) is 59.7 cm³/mol. The molecule has 0 aromatic rings. The van der Waals surface area contributed by atoms with Gasteiger partial charge in [0.2, 0.25) is 0 Å². The topological polar surface area (TPSA) is 0 Å². The van der Waals surface area contributed by atoms with Crippen molar-refractivity contribution in [2.45, 2.75) is 53.9 Å². The highest BCUT2D eigenvalue weighted by atomic mass is 14.7. The average Bonchev–Trinajstić information content (AvgIpc) is 2.73. The summed E-state index contributed by atoms with van der Waals surface area (Å²) in [5, 5.41) is 0. The Balaban J connectivity index is 2.85. The molecule has 1 aliphatic carbocycles. The molecule has 1 rings (SSSR count). The normalized spacial score (nSPS) is 40.1. The van der Waals surface area contributed by atoms with Crippen LogP contribution in [0, 0.1) is 16.7 Å². The van der Waals surface area contributed by atoms with Gasteiger partial charge in [-0.1, -0.05) is 46.3 Å². The van der Waals surface area contributed by atoms with E-state index >= 15 is 0 Å². The van der Waals surface area contributed by atoms with E-state index in [1.165, 1.54) is 24.8 Å². The summed E-state index contributed by atoms with van der Waals surface area (Å²) in [6, 6.07) is 0. The molecule has 0 nitrogen and oxygen atoms in total. The van der Waals surface area contributed by atoms with E-state index in [0.717, 1.165) is 5.92 Å². The van der Waals surface area contributed by atoms with Gasteiger partial charge in [0.05, 0.1) is 0 Å². The molecule has 0 heteroatoms. The third kappa shape index (κ3) is 1.26. The van der Waals surface area contributed by atoms with E-state index in [1.807, 2.05) is 0 Å². The first-order valence-electron chi connectivity index (χ1n) is 5.60. The molecule has 76 valence electrons. The first kappa shape index (κ1) is 10.8. The highest BCUT2D eigenvalue weighted by Gasteiger charge is 2.64. The molecule has 0 saturated heterocycles. The molecule has 13 heavy (non-hydrogen) atoms. The van der Waals surface area contributed by atoms with Gasteiger partial charge in [-0.2, -0.15) is 0 Å². The second kappa shape index (κ2) is 3.15. The fourth-order valence-electron chi connectivity index (χ4n) is 3.13. The Bertz CT molecular complexity index is 216. The van der Waals surface area contributed by atoms with Crippen LogP contribution in [0.1, 0.15) is 53.9 Å². The van der Waals surface area contributed by atoms with Crippen molar-refractivity contribution in [3.05, 3.63) is 12.2 Å². The zero-order valence-electron chi connectivity index (χ0n) is 9.91. The number of rotatable bonds is 4. The van der Waals surface area contributed by atoms with Gasteiger partial charge in [0.25, 0.3) is 0 Å². The summed E-state index contributed by atoms with van der Waals surface area (Å²) in [5.41, 5.74) is 2.40. The van der Waals surface area contributed by atoms with Crippen molar-refractivity contribution in [2.24, 2.45) is 16.7 Å². The molecule has 0 N–H and O–H groups in total. The van der Waals surface area contributed by atoms with Gasteiger partial charge in [-0.3, -0.25) is 0 Å². The quantitative estimate of drug-likeness (QED) is 0.562. The summed E-state index contributed by atoms with van der Waals surface area (Å²) in [6.45, 7) is 15.8. The molecule has 0 aliphatic heterocycles. The molecule has 1 saturated carbocycles. The Morgan fingerprint density at radius 3 is 2.23 bits per heavy atom. The molecule has 0 bridgehead atoms. The Kier molecular flexibility index (Phi) is 2.62. The van der Waals surface area contributed by atoms with Crippen molar-refractivity contribution in [2.75, 3.05) is 0 Å². The van der Waals surface area contributed by atoms with Gasteiger partial charge in [-0.25, -0.2) is 0 Å². The lowest BCUT2D eigenvalue weighted by Gasteiger charge is -2.27. The van der Waals surface area contributed by atoms with Crippen molar-refractivity contribution in [3.63, 3.8) is 0 Å². The second-order valence-electron chi connectivity index (χ2n) is 5.11. The van der Waals surface area contributed by atoms with Crippen LogP contribution < -0.4 is 0 Å². The van der Waals surface area contributed by atoms with Crippen LogP contribution in [0.15, 0.2) is 12.2 Å². The van der Waals surface area contributed by atoms with Crippen LogP contribution >= 0.6 is 0 Å². The summed E-state index contributed by atoms with van der Waals surface area (Å²) in [5.74, 6) is 0.846. The Morgan fingerprint density at radius 2 is 2.00 bits per heavy atom. The first-order valence-corrected chi connectivity index (χ1v) is 5.60. The van der Waals surface area contributed by atoms with E-state index in [-0.39, 0.29) is 0 Å². The Hall–Kier alpha value is -0.260. The van der Waals surface area contributed by atoms with E-state index in [1.54, 1.807) is 0 Å². The molecule has 0 aromatic heterocycles. The maximum Gasteiger partial charge on any atom is -0.00570 e. The third-order valence-electron chi connectivity index (χ3n) is 4.77. The molecule has 3 atom stereocenters. The summed E-state index contributed by atoms with van der Waals surface area (Å²) >= 11 is 0. The van der Waals surface area contributed by atoms with Crippen molar-refractivity contribution < 1.29 is 0 Å². The first-order chi connectivity index (χ1) is 5.94. The van der Waals surface area contributed by atoms with Gasteiger partial charge in [0.1, 0.15) is 0 Å². The summed E-state index contributed by atoms with van der Waals surface area (Å²) in [7, 11) is 0. The van der Waals surface area contributed by atoms with Gasteiger partial charge in [-0.15, -0.1) is 0 Å². The van der Waals surface area contributed by atoms with Gasteiger partial charge < -0.3 is 0 Å². The molecule has 1 aliphatic rings. The second-order valence-corrected chi connectivity index (χ2v) is 5.11. The van der Waals surface area contributed by atoms with Crippen LogP contribution in [0.2, 0.25) is 0 Å². The van der Waals surface area contributed by atoms with E-state index in [4.69, 9.17) is 0 Å². The number of allylic oxidation sites excluding steroid dienone is 1. The molecule has 0 aromatic carbocycles. The largest absolute Gasteiger partial charge is 0.0996 e. The fourth-order valence-corrected chi connectivity index (χ4v) is 3.13. The van der Waals surface area contributed by atoms with Crippen molar-refractivity contribution in [3.8, 4) is 0 Å². The van der Waals surface area contributed by atoms with E-state index in [2.05, 4.69) is 41.2 Å². The summed E-state index contributed by atoms with van der Waals surface area (Å²) in [4.78, 5) is 0. The lowest BCUT2D eigenvalue weighted by Crippen LogP contribution is -2.19. The molecular weight excluding hydrogens is 156 g/mol. The van der Waals surface area contributed by atoms with Crippen molar-refractivity contribution in [1.82, 2.24) is 0 Å². The van der Waals surface area contributed by atoms with E-state index in [9.17, 15) is 0 Å². The maximum absolute atomic E-state index is 4.15.